The number of carbonyl (C=O) groups excluding carboxylic acids is 1. The van der Waals surface area contributed by atoms with E-state index >= 15 is 0 Å². The molecule has 148 valence electrons. The van der Waals surface area contributed by atoms with Crippen LogP contribution >= 0.6 is 15.9 Å². The fourth-order valence-electron chi connectivity index (χ4n) is 2.90. The van der Waals surface area contributed by atoms with Gasteiger partial charge in [0.25, 0.3) is 11.5 Å². The Morgan fingerprint density at radius 1 is 1.34 bits per heavy atom. The summed E-state index contributed by atoms with van der Waals surface area (Å²) in [7, 11) is 0. The SMILES string of the molecule is CCc1c(C)nc(-n2nc(-c3ccco3)cc2NC(=O)c2ccc(Br)o2)[nH]c1=O. The van der Waals surface area contributed by atoms with Gasteiger partial charge in [0, 0.05) is 17.3 Å². The molecule has 0 bridgehead atoms. The first kappa shape index (κ1) is 18.9. The first-order chi connectivity index (χ1) is 14.0. The van der Waals surface area contributed by atoms with E-state index in [1.54, 1.807) is 31.2 Å². The number of aryl methyl sites for hydroxylation is 1. The van der Waals surface area contributed by atoms with Gasteiger partial charge in [-0.1, -0.05) is 6.92 Å². The maximum Gasteiger partial charge on any atom is 0.292 e. The predicted octanol–water partition coefficient (Wildman–Crippen LogP) is 3.69. The van der Waals surface area contributed by atoms with Crippen LogP contribution in [0.5, 0.6) is 0 Å². The van der Waals surface area contributed by atoms with E-state index in [-0.39, 0.29) is 17.3 Å². The van der Waals surface area contributed by atoms with Crippen molar-refractivity contribution in [3.8, 4) is 17.4 Å². The summed E-state index contributed by atoms with van der Waals surface area (Å²) in [4.78, 5) is 32.1. The fraction of sp³-hybridized carbons (Fsp3) is 0.158. The average molecular weight is 458 g/mol. The molecule has 0 aliphatic carbocycles. The van der Waals surface area contributed by atoms with Crippen LogP contribution in [0.3, 0.4) is 0 Å². The van der Waals surface area contributed by atoms with E-state index in [2.05, 4.69) is 36.3 Å². The molecule has 0 aliphatic rings. The Labute approximate surface area is 172 Å². The lowest BCUT2D eigenvalue weighted by atomic mass is 10.2. The summed E-state index contributed by atoms with van der Waals surface area (Å²) < 4.78 is 12.5. The monoisotopic (exact) mass is 457 g/mol. The minimum atomic E-state index is -0.480. The van der Waals surface area contributed by atoms with Gasteiger partial charge in [-0.05, 0) is 53.5 Å². The van der Waals surface area contributed by atoms with Gasteiger partial charge in [0.1, 0.15) is 11.5 Å². The topological polar surface area (TPSA) is 119 Å². The van der Waals surface area contributed by atoms with Gasteiger partial charge in [-0.15, -0.1) is 0 Å². The number of halogens is 1. The minimum absolute atomic E-state index is 0.114. The molecule has 4 heterocycles. The third-order valence-electron chi connectivity index (χ3n) is 4.29. The molecular weight excluding hydrogens is 442 g/mol. The number of anilines is 1. The first-order valence-corrected chi connectivity index (χ1v) is 9.56. The second-order valence-corrected chi connectivity index (χ2v) is 6.95. The molecule has 1 amide bonds. The smallest absolute Gasteiger partial charge is 0.292 e. The Kier molecular flexibility index (Phi) is 4.93. The zero-order chi connectivity index (χ0) is 20.5. The van der Waals surface area contributed by atoms with E-state index < -0.39 is 5.91 Å². The molecule has 9 nitrogen and oxygen atoms in total. The summed E-state index contributed by atoms with van der Waals surface area (Å²) in [5.74, 6) is 0.610. The lowest BCUT2D eigenvalue weighted by Crippen LogP contribution is -2.21. The molecule has 2 N–H and O–H groups in total. The number of nitrogens with one attached hydrogen (secondary N) is 2. The number of H-pyrrole nitrogens is 1. The second-order valence-electron chi connectivity index (χ2n) is 6.17. The van der Waals surface area contributed by atoms with Crippen LogP contribution in [0, 0.1) is 6.92 Å². The van der Waals surface area contributed by atoms with Crippen molar-refractivity contribution in [2.75, 3.05) is 5.32 Å². The Morgan fingerprint density at radius 3 is 2.79 bits per heavy atom. The Hall–Kier alpha value is -3.40. The second kappa shape index (κ2) is 7.55. The van der Waals surface area contributed by atoms with Crippen molar-refractivity contribution in [2.45, 2.75) is 20.3 Å². The predicted molar refractivity (Wildman–Crippen MR) is 108 cm³/mol. The number of rotatable bonds is 5. The number of furan rings is 2. The molecule has 0 unspecified atom stereocenters. The van der Waals surface area contributed by atoms with Crippen molar-refractivity contribution in [2.24, 2.45) is 0 Å². The van der Waals surface area contributed by atoms with E-state index in [4.69, 9.17) is 8.83 Å². The molecular formula is C19H16BrN5O4. The van der Waals surface area contributed by atoms with Crippen molar-refractivity contribution >= 4 is 27.7 Å². The first-order valence-electron chi connectivity index (χ1n) is 8.77. The highest BCUT2D eigenvalue weighted by atomic mass is 79.9. The minimum Gasteiger partial charge on any atom is -0.463 e. The van der Waals surface area contributed by atoms with Crippen molar-refractivity contribution in [1.29, 1.82) is 0 Å². The highest BCUT2D eigenvalue weighted by Crippen LogP contribution is 2.25. The largest absolute Gasteiger partial charge is 0.463 e. The number of aromatic amines is 1. The maximum absolute atomic E-state index is 12.6. The summed E-state index contributed by atoms with van der Waals surface area (Å²) in [5, 5.41) is 7.18. The zero-order valence-corrected chi connectivity index (χ0v) is 17.1. The van der Waals surface area contributed by atoms with Crippen LogP contribution in [0.2, 0.25) is 0 Å². The van der Waals surface area contributed by atoms with Crippen LogP contribution in [-0.4, -0.2) is 25.7 Å². The summed E-state index contributed by atoms with van der Waals surface area (Å²) in [6.45, 7) is 3.64. The van der Waals surface area contributed by atoms with Gasteiger partial charge >= 0.3 is 0 Å². The van der Waals surface area contributed by atoms with E-state index in [9.17, 15) is 9.59 Å². The molecule has 10 heteroatoms. The molecule has 0 radical (unpaired) electrons. The van der Waals surface area contributed by atoms with Crippen LogP contribution in [0.1, 0.15) is 28.7 Å². The number of hydrogen-bond acceptors (Lipinski definition) is 6. The van der Waals surface area contributed by atoms with Crippen LogP contribution in [0.25, 0.3) is 17.4 Å². The molecule has 0 saturated carbocycles. The molecule has 0 saturated heterocycles. The van der Waals surface area contributed by atoms with Crippen molar-refractivity contribution < 1.29 is 13.6 Å². The summed E-state index contributed by atoms with van der Waals surface area (Å²) >= 11 is 3.17. The van der Waals surface area contributed by atoms with Gasteiger partial charge in [-0.25, -0.2) is 4.98 Å². The summed E-state index contributed by atoms with van der Waals surface area (Å²) in [6.07, 6.45) is 2.08. The van der Waals surface area contributed by atoms with Crippen LogP contribution in [0.4, 0.5) is 5.82 Å². The van der Waals surface area contributed by atoms with Crippen molar-refractivity contribution in [3.63, 3.8) is 0 Å². The van der Waals surface area contributed by atoms with Gasteiger partial charge in [-0.2, -0.15) is 9.78 Å². The Bertz CT molecular complexity index is 1240. The van der Waals surface area contributed by atoms with Gasteiger partial charge in [0.05, 0.1) is 6.26 Å². The van der Waals surface area contributed by atoms with Gasteiger partial charge in [0.15, 0.2) is 16.2 Å². The van der Waals surface area contributed by atoms with E-state index in [0.29, 0.717) is 39.6 Å². The number of amides is 1. The van der Waals surface area contributed by atoms with Crippen LogP contribution in [-0.2, 0) is 6.42 Å². The molecule has 0 atom stereocenters. The number of carbonyl (C=O) groups is 1. The maximum atomic E-state index is 12.6. The van der Waals surface area contributed by atoms with E-state index in [1.165, 1.54) is 17.0 Å². The van der Waals surface area contributed by atoms with E-state index in [0.717, 1.165) is 0 Å². The van der Waals surface area contributed by atoms with Gasteiger partial charge in [-0.3, -0.25) is 14.6 Å². The lowest BCUT2D eigenvalue weighted by Gasteiger charge is -2.09. The Morgan fingerprint density at radius 2 is 2.17 bits per heavy atom. The number of aromatic nitrogens is 4. The van der Waals surface area contributed by atoms with Crippen molar-refractivity contribution in [1.82, 2.24) is 19.7 Å². The molecule has 0 aliphatic heterocycles. The zero-order valence-electron chi connectivity index (χ0n) is 15.5. The van der Waals surface area contributed by atoms with Crippen molar-refractivity contribution in [3.05, 3.63) is 68.6 Å². The molecule has 0 aromatic carbocycles. The number of hydrogen-bond donors (Lipinski definition) is 2. The van der Waals surface area contributed by atoms with E-state index in [1.807, 2.05) is 6.92 Å². The quantitative estimate of drug-likeness (QED) is 0.471. The molecule has 0 spiro atoms. The Balaban J connectivity index is 1.80. The van der Waals surface area contributed by atoms with Crippen LogP contribution < -0.4 is 10.9 Å². The lowest BCUT2D eigenvalue weighted by molar-refractivity contribution is 0.0994. The fourth-order valence-corrected chi connectivity index (χ4v) is 3.21. The highest BCUT2D eigenvalue weighted by molar-refractivity contribution is 9.10. The third kappa shape index (κ3) is 3.66. The standard InChI is InChI=1S/C19H16BrN5O4/c1-3-11-10(2)21-19(23-17(11)26)25-16(9-12(24-25)13-5-4-8-28-13)22-18(27)14-6-7-15(20)29-14/h4-9H,3H2,1-2H3,(H,22,27)(H,21,23,26). The molecule has 4 aromatic heterocycles. The molecule has 4 aromatic rings. The summed E-state index contributed by atoms with van der Waals surface area (Å²) in [5.41, 5.74) is 1.40. The molecule has 0 fully saturated rings. The third-order valence-corrected chi connectivity index (χ3v) is 4.71. The van der Waals surface area contributed by atoms with Gasteiger partial charge in [0.2, 0.25) is 5.95 Å². The normalized spacial score (nSPS) is 11.0. The summed E-state index contributed by atoms with van der Waals surface area (Å²) in [6, 6.07) is 8.24. The average Bonchev–Trinajstić information content (AvgIpc) is 3.41. The molecule has 29 heavy (non-hydrogen) atoms. The number of nitrogens with zero attached hydrogens (tertiary/aromatic N) is 3. The van der Waals surface area contributed by atoms with Gasteiger partial charge < -0.3 is 14.2 Å². The molecule has 4 rings (SSSR count). The highest BCUT2D eigenvalue weighted by Gasteiger charge is 2.19. The van der Waals surface area contributed by atoms with Crippen LogP contribution in [0.15, 0.2) is 54.9 Å².